The molecule has 114 valence electrons. The highest BCUT2D eigenvalue weighted by molar-refractivity contribution is 7.93. The Hall–Kier alpha value is -2.78. The zero-order valence-electron chi connectivity index (χ0n) is 11.9. The summed E-state index contributed by atoms with van der Waals surface area (Å²) in [5, 5.41) is 4.35. The average Bonchev–Trinajstić information content (AvgIpc) is 2.98. The van der Waals surface area contributed by atoms with Crippen molar-refractivity contribution in [3.05, 3.63) is 46.5 Å². The molecule has 0 saturated heterocycles. The molecule has 9 heteroatoms. The van der Waals surface area contributed by atoms with E-state index in [1.54, 1.807) is 6.07 Å². The number of hydrogen-bond acceptors (Lipinski definition) is 7. The summed E-state index contributed by atoms with van der Waals surface area (Å²) in [5.41, 5.74) is 3.19. The van der Waals surface area contributed by atoms with Gasteiger partial charge in [-0.05, 0) is 19.1 Å². The van der Waals surface area contributed by atoms with Crippen LogP contribution in [0.3, 0.4) is 0 Å². The maximum absolute atomic E-state index is 11.9. The maximum atomic E-state index is 11.9. The van der Waals surface area contributed by atoms with Crippen molar-refractivity contribution in [3.8, 4) is 11.4 Å². The van der Waals surface area contributed by atoms with Gasteiger partial charge in [0, 0.05) is 6.07 Å². The van der Waals surface area contributed by atoms with Crippen molar-refractivity contribution in [2.24, 2.45) is 0 Å². The van der Waals surface area contributed by atoms with Gasteiger partial charge in [0.2, 0.25) is 0 Å². The summed E-state index contributed by atoms with van der Waals surface area (Å²) in [4.78, 5) is 27.6. The number of benzene rings is 1. The van der Waals surface area contributed by atoms with Crippen LogP contribution < -0.4 is 5.69 Å². The van der Waals surface area contributed by atoms with Crippen molar-refractivity contribution in [2.75, 3.05) is 0 Å². The van der Waals surface area contributed by atoms with Crippen LogP contribution in [0.15, 0.2) is 40.3 Å². The first-order valence-electron chi connectivity index (χ1n) is 6.71. The smallest absolute Gasteiger partial charge is 0.323 e. The summed E-state index contributed by atoms with van der Waals surface area (Å²) in [7, 11) is 0. The monoisotopic (exact) mass is 326 g/mol. The molecule has 3 aromatic heterocycles. The van der Waals surface area contributed by atoms with Crippen molar-refractivity contribution in [1.82, 2.24) is 29.5 Å². The van der Waals surface area contributed by atoms with E-state index in [1.165, 1.54) is 0 Å². The Kier molecular flexibility index (Phi) is 3.10. The molecule has 4 rings (SSSR count). The standard InChI is InChI=1S/C14H10N6O2S/c1-7-12(16-9-5-3-2-4-8(9)15-7)10-6-11-17-13(23-22)18-14(21)20(11)19-10/h2-6,22H,1H3,(H,17,18,21). The molecule has 0 aliphatic carbocycles. The molecule has 4 aromatic rings. The SMILES string of the molecule is Cc1nc2ccccc2nc1-c1cc2nc(SO)[nH]c(=O)n2n1. The Labute approximate surface area is 133 Å². The van der Waals surface area contributed by atoms with E-state index in [1.807, 2.05) is 31.2 Å². The normalized spacial score (nSPS) is 11.4. The fraction of sp³-hybridized carbons (Fsp3) is 0.0714. The zero-order valence-corrected chi connectivity index (χ0v) is 12.7. The van der Waals surface area contributed by atoms with Crippen LogP contribution in [0.5, 0.6) is 0 Å². The largest absolute Gasteiger partial charge is 0.350 e. The predicted molar refractivity (Wildman–Crippen MR) is 85.4 cm³/mol. The number of nitrogens with zero attached hydrogens (tertiary/aromatic N) is 5. The minimum absolute atomic E-state index is 0.107. The van der Waals surface area contributed by atoms with Crippen LogP contribution in [-0.4, -0.2) is 34.1 Å². The van der Waals surface area contributed by atoms with E-state index in [4.69, 9.17) is 4.55 Å². The molecular formula is C14H10N6O2S. The Bertz CT molecular complexity index is 1100. The van der Waals surface area contributed by atoms with Crippen molar-refractivity contribution in [3.63, 3.8) is 0 Å². The maximum Gasteiger partial charge on any atom is 0.350 e. The van der Waals surface area contributed by atoms with Crippen LogP contribution in [0.4, 0.5) is 0 Å². The van der Waals surface area contributed by atoms with Gasteiger partial charge in [-0.1, -0.05) is 12.1 Å². The van der Waals surface area contributed by atoms with Gasteiger partial charge in [-0.15, -0.1) is 0 Å². The summed E-state index contributed by atoms with van der Waals surface area (Å²) in [6.45, 7) is 1.84. The molecule has 0 amide bonds. The molecule has 0 spiro atoms. The molecule has 0 aliphatic rings. The fourth-order valence-electron chi connectivity index (χ4n) is 2.37. The predicted octanol–water partition coefficient (Wildman–Crippen LogP) is 1.90. The molecule has 23 heavy (non-hydrogen) atoms. The minimum atomic E-state index is -0.482. The van der Waals surface area contributed by atoms with E-state index in [0.717, 1.165) is 15.5 Å². The lowest BCUT2D eigenvalue weighted by Gasteiger charge is -2.03. The van der Waals surface area contributed by atoms with Crippen LogP contribution in [0, 0.1) is 6.92 Å². The number of rotatable bonds is 2. The summed E-state index contributed by atoms with van der Waals surface area (Å²) < 4.78 is 10.2. The van der Waals surface area contributed by atoms with Gasteiger partial charge >= 0.3 is 5.69 Å². The topological polar surface area (TPSA) is 109 Å². The van der Waals surface area contributed by atoms with Crippen LogP contribution in [-0.2, 0) is 0 Å². The second-order valence-electron chi connectivity index (χ2n) is 4.88. The first-order valence-corrected chi connectivity index (χ1v) is 7.48. The summed E-state index contributed by atoms with van der Waals surface area (Å²) in [6, 6.07) is 9.18. The van der Waals surface area contributed by atoms with Crippen molar-refractivity contribution < 1.29 is 4.55 Å². The molecule has 3 heterocycles. The van der Waals surface area contributed by atoms with Gasteiger partial charge in [-0.2, -0.15) is 9.61 Å². The van der Waals surface area contributed by atoms with Crippen molar-refractivity contribution in [2.45, 2.75) is 12.1 Å². The van der Waals surface area contributed by atoms with E-state index in [9.17, 15) is 4.79 Å². The second kappa shape index (κ2) is 5.14. The third-order valence-electron chi connectivity index (χ3n) is 3.39. The number of para-hydroxylation sites is 2. The molecule has 0 unspecified atom stereocenters. The Morgan fingerprint density at radius 3 is 2.65 bits per heavy atom. The highest BCUT2D eigenvalue weighted by atomic mass is 32.2. The van der Waals surface area contributed by atoms with E-state index in [0.29, 0.717) is 34.8 Å². The quantitative estimate of drug-likeness (QED) is 0.541. The molecule has 1 aromatic carbocycles. The molecule has 0 aliphatic heterocycles. The van der Waals surface area contributed by atoms with Crippen molar-refractivity contribution >= 4 is 28.7 Å². The van der Waals surface area contributed by atoms with Gasteiger partial charge < -0.3 is 4.55 Å². The number of aryl methyl sites for hydroxylation is 1. The number of aromatic nitrogens is 6. The molecular weight excluding hydrogens is 316 g/mol. The van der Waals surface area contributed by atoms with Crippen LogP contribution >= 0.6 is 12.0 Å². The number of nitrogens with one attached hydrogen (secondary N) is 1. The summed E-state index contributed by atoms with van der Waals surface area (Å²) in [5.74, 6) is 0. The Balaban J connectivity index is 1.97. The van der Waals surface area contributed by atoms with Crippen LogP contribution in [0.1, 0.15) is 5.69 Å². The first-order chi connectivity index (χ1) is 11.2. The lowest BCUT2D eigenvalue weighted by Crippen LogP contribution is -2.19. The zero-order chi connectivity index (χ0) is 16.0. The summed E-state index contributed by atoms with van der Waals surface area (Å²) >= 11 is 0.372. The van der Waals surface area contributed by atoms with Gasteiger partial charge in [0.15, 0.2) is 10.8 Å². The van der Waals surface area contributed by atoms with Crippen molar-refractivity contribution in [1.29, 1.82) is 0 Å². The number of fused-ring (bicyclic) bond motifs is 2. The van der Waals surface area contributed by atoms with Crippen LogP contribution in [0.25, 0.3) is 28.1 Å². The fourth-order valence-corrected chi connectivity index (χ4v) is 2.63. The van der Waals surface area contributed by atoms with Gasteiger partial charge in [-0.3, -0.25) is 4.98 Å². The van der Waals surface area contributed by atoms with E-state index in [-0.39, 0.29) is 5.16 Å². The van der Waals surface area contributed by atoms with Gasteiger partial charge in [0.25, 0.3) is 0 Å². The highest BCUT2D eigenvalue weighted by Gasteiger charge is 2.14. The van der Waals surface area contributed by atoms with Gasteiger partial charge in [-0.25, -0.2) is 19.7 Å². The second-order valence-corrected chi connectivity index (χ2v) is 5.45. The van der Waals surface area contributed by atoms with E-state index < -0.39 is 5.69 Å². The number of H-pyrrole nitrogens is 1. The summed E-state index contributed by atoms with van der Waals surface area (Å²) in [6.07, 6.45) is 0. The lowest BCUT2D eigenvalue weighted by molar-refractivity contribution is 0.649. The lowest BCUT2D eigenvalue weighted by atomic mass is 10.2. The van der Waals surface area contributed by atoms with Gasteiger partial charge in [0.05, 0.1) is 28.8 Å². The molecule has 8 nitrogen and oxygen atoms in total. The first kappa shape index (κ1) is 13.9. The highest BCUT2D eigenvalue weighted by Crippen LogP contribution is 2.22. The minimum Gasteiger partial charge on any atom is -0.323 e. The molecule has 2 N–H and O–H groups in total. The molecule has 0 saturated carbocycles. The molecule has 0 bridgehead atoms. The Morgan fingerprint density at radius 2 is 1.91 bits per heavy atom. The Morgan fingerprint density at radius 1 is 1.17 bits per heavy atom. The van der Waals surface area contributed by atoms with E-state index >= 15 is 0 Å². The van der Waals surface area contributed by atoms with Gasteiger partial charge in [0.1, 0.15) is 11.4 Å². The molecule has 0 fully saturated rings. The van der Waals surface area contributed by atoms with E-state index in [2.05, 4.69) is 25.0 Å². The van der Waals surface area contributed by atoms with Crippen LogP contribution in [0.2, 0.25) is 0 Å². The molecule has 0 atom stereocenters. The molecule has 0 radical (unpaired) electrons. The average molecular weight is 326 g/mol. The third-order valence-corrected chi connectivity index (χ3v) is 3.75. The number of hydrogen-bond donors (Lipinski definition) is 2. The number of aromatic amines is 1. The third kappa shape index (κ3) is 2.26.